The molecule has 0 unspecified atom stereocenters. The van der Waals surface area contributed by atoms with Gasteiger partial charge in [0.15, 0.2) is 0 Å². The van der Waals surface area contributed by atoms with Gasteiger partial charge in [0.2, 0.25) is 0 Å². The molecule has 3 heteroatoms. The minimum absolute atomic E-state index is 0.918. The quantitative estimate of drug-likeness (QED) is 0.726. The molecule has 3 aromatic rings. The molecular formula is C22H23N3. The summed E-state index contributed by atoms with van der Waals surface area (Å²) in [6, 6.07) is 19.2. The monoisotopic (exact) mass is 329 g/mol. The molecule has 1 N–H and O–H groups in total. The second kappa shape index (κ2) is 6.98. The summed E-state index contributed by atoms with van der Waals surface area (Å²) in [5, 5.41) is 5.72. The van der Waals surface area contributed by atoms with Gasteiger partial charge in [-0.05, 0) is 41.3 Å². The van der Waals surface area contributed by atoms with E-state index >= 15 is 0 Å². The number of benzene rings is 2. The Labute approximate surface area is 149 Å². The van der Waals surface area contributed by atoms with Gasteiger partial charge in [-0.25, -0.2) is 4.98 Å². The SMILES string of the molecule is CNc1cc(N2CCCC2)cc(/C=C/c2cccc3ccccc23)n1. The van der Waals surface area contributed by atoms with Crippen molar-refractivity contribution in [1.29, 1.82) is 0 Å². The first-order valence-electron chi connectivity index (χ1n) is 8.94. The Morgan fingerprint density at radius 3 is 2.60 bits per heavy atom. The molecule has 4 rings (SSSR count). The van der Waals surface area contributed by atoms with Crippen LogP contribution in [-0.2, 0) is 0 Å². The van der Waals surface area contributed by atoms with Gasteiger partial charge in [-0.3, -0.25) is 0 Å². The number of hydrogen-bond acceptors (Lipinski definition) is 3. The van der Waals surface area contributed by atoms with E-state index in [0.717, 1.165) is 24.6 Å². The van der Waals surface area contributed by atoms with Gasteiger partial charge in [-0.15, -0.1) is 0 Å². The van der Waals surface area contributed by atoms with Crippen LogP contribution >= 0.6 is 0 Å². The van der Waals surface area contributed by atoms with Crippen molar-refractivity contribution in [2.45, 2.75) is 12.8 Å². The number of nitrogens with zero attached hydrogens (tertiary/aromatic N) is 2. The molecule has 0 radical (unpaired) electrons. The average molecular weight is 329 g/mol. The van der Waals surface area contributed by atoms with Gasteiger partial charge in [0.1, 0.15) is 5.82 Å². The molecular weight excluding hydrogens is 306 g/mol. The summed E-state index contributed by atoms with van der Waals surface area (Å²) in [5.41, 5.74) is 3.47. The van der Waals surface area contributed by atoms with Crippen molar-refractivity contribution in [3.63, 3.8) is 0 Å². The van der Waals surface area contributed by atoms with E-state index < -0.39 is 0 Å². The van der Waals surface area contributed by atoms with E-state index in [2.05, 4.69) is 77.0 Å². The van der Waals surface area contributed by atoms with Gasteiger partial charge in [0, 0.05) is 31.9 Å². The minimum Gasteiger partial charge on any atom is -0.373 e. The van der Waals surface area contributed by atoms with Crippen molar-refractivity contribution in [2.75, 3.05) is 30.4 Å². The number of fused-ring (bicyclic) bond motifs is 1. The number of hydrogen-bond donors (Lipinski definition) is 1. The number of rotatable bonds is 4. The molecule has 1 fully saturated rings. The van der Waals surface area contributed by atoms with Crippen LogP contribution in [0.5, 0.6) is 0 Å². The molecule has 126 valence electrons. The molecule has 1 aromatic heterocycles. The average Bonchev–Trinajstić information content (AvgIpc) is 3.21. The second-order valence-corrected chi connectivity index (χ2v) is 6.48. The van der Waals surface area contributed by atoms with Crippen LogP contribution in [0.1, 0.15) is 24.1 Å². The number of anilines is 2. The topological polar surface area (TPSA) is 28.2 Å². The molecule has 0 amide bonds. The van der Waals surface area contributed by atoms with E-state index in [-0.39, 0.29) is 0 Å². The highest BCUT2D eigenvalue weighted by atomic mass is 15.1. The van der Waals surface area contributed by atoms with E-state index in [0.29, 0.717) is 0 Å². The van der Waals surface area contributed by atoms with Crippen LogP contribution in [0.2, 0.25) is 0 Å². The maximum Gasteiger partial charge on any atom is 0.128 e. The molecule has 25 heavy (non-hydrogen) atoms. The zero-order valence-electron chi connectivity index (χ0n) is 14.6. The van der Waals surface area contributed by atoms with Crippen molar-refractivity contribution in [2.24, 2.45) is 0 Å². The fourth-order valence-corrected chi connectivity index (χ4v) is 3.48. The summed E-state index contributed by atoms with van der Waals surface area (Å²) < 4.78 is 0. The van der Waals surface area contributed by atoms with E-state index in [1.54, 1.807) is 0 Å². The predicted molar refractivity (Wildman–Crippen MR) is 108 cm³/mol. The number of aromatic nitrogens is 1. The molecule has 2 heterocycles. The predicted octanol–water partition coefficient (Wildman–Crippen LogP) is 5.05. The highest BCUT2D eigenvalue weighted by Crippen LogP contribution is 2.25. The Hall–Kier alpha value is -2.81. The van der Waals surface area contributed by atoms with Crippen LogP contribution in [0.4, 0.5) is 11.5 Å². The highest BCUT2D eigenvalue weighted by molar-refractivity contribution is 5.92. The lowest BCUT2D eigenvalue weighted by Crippen LogP contribution is -2.18. The normalized spacial score (nSPS) is 14.5. The first-order valence-corrected chi connectivity index (χ1v) is 8.94. The van der Waals surface area contributed by atoms with E-state index in [9.17, 15) is 0 Å². The largest absolute Gasteiger partial charge is 0.373 e. The van der Waals surface area contributed by atoms with Gasteiger partial charge in [0.05, 0.1) is 5.69 Å². The molecule has 0 saturated carbocycles. The standard InChI is InChI=1S/C22H23N3/c1-23-22-16-20(25-13-4-5-14-25)15-19(24-22)12-11-18-9-6-8-17-7-2-3-10-21(17)18/h2-3,6-12,15-16H,4-5,13-14H2,1H3,(H,23,24)/b12-11+. The summed E-state index contributed by atoms with van der Waals surface area (Å²) in [7, 11) is 1.92. The Morgan fingerprint density at radius 2 is 1.76 bits per heavy atom. The van der Waals surface area contributed by atoms with E-state index in [1.807, 2.05) is 7.05 Å². The molecule has 1 aliphatic heterocycles. The number of nitrogens with one attached hydrogen (secondary N) is 1. The molecule has 0 aliphatic carbocycles. The van der Waals surface area contributed by atoms with E-state index in [4.69, 9.17) is 4.98 Å². The molecule has 0 atom stereocenters. The molecule has 3 nitrogen and oxygen atoms in total. The molecule has 0 spiro atoms. The van der Waals surface area contributed by atoms with Gasteiger partial charge < -0.3 is 10.2 Å². The zero-order chi connectivity index (χ0) is 17.1. The third kappa shape index (κ3) is 3.36. The van der Waals surface area contributed by atoms with Crippen molar-refractivity contribution >= 4 is 34.4 Å². The van der Waals surface area contributed by atoms with Gasteiger partial charge in [-0.1, -0.05) is 48.5 Å². The minimum atomic E-state index is 0.918. The Kier molecular flexibility index (Phi) is 4.38. The van der Waals surface area contributed by atoms with Crippen molar-refractivity contribution < 1.29 is 0 Å². The van der Waals surface area contributed by atoms with Crippen molar-refractivity contribution in [1.82, 2.24) is 4.98 Å². The summed E-state index contributed by atoms with van der Waals surface area (Å²) >= 11 is 0. The van der Waals surface area contributed by atoms with Crippen LogP contribution in [-0.4, -0.2) is 25.1 Å². The summed E-state index contributed by atoms with van der Waals surface area (Å²) in [6.45, 7) is 2.28. The first kappa shape index (κ1) is 15.7. The van der Waals surface area contributed by atoms with Crippen LogP contribution < -0.4 is 10.2 Å². The van der Waals surface area contributed by atoms with Gasteiger partial charge in [-0.2, -0.15) is 0 Å². The maximum atomic E-state index is 4.69. The molecule has 2 aromatic carbocycles. The summed E-state index contributed by atoms with van der Waals surface area (Å²) in [5.74, 6) is 0.918. The summed E-state index contributed by atoms with van der Waals surface area (Å²) in [4.78, 5) is 7.14. The lowest BCUT2D eigenvalue weighted by molar-refractivity contribution is 0.949. The van der Waals surface area contributed by atoms with E-state index in [1.165, 1.54) is 34.9 Å². The lowest BCUT2D eigenvalue weighted by Gasteiger charge is -2.18. The maximum absolute atomic E-state index is 4.69. The number of pyridine rings is 1. The Morgan fingerprint density at radius 1 is 0.960 bits per heavy atom. The van der Waals surface area contributed by atoms with Crippen LogP contribution in [0.15, 0.2) is 54.6 Å². The molecule has 1 aliphatic rings. The third-order valence-electron chi connectivity index (χ3n) is 4.81. The molecule has 0 bridgehead atoms. The van der Waals surface area contributed by atoms with Gasteiger partial charge >= 0.3 is 0 Å². The van der Waals surface area contributed by atoms with Crippen molar-refractivity contribution in [3.8, 4) is 0 Å². The Balaban J connectivity index is 1.69. The smallest absolute Gasteiger partial charge is 0.128 e. The highest BCUT2D eigenvalue weighted by Gasteiger charge is 2.13. The van der Waals surface area contributed by atoms with Crippen LogP contribution in [0.3, 0.4) is 0 Å². The van der Waals surface area contributed by atoms with Gasteiger partial charge in [0.25, 0.3) is 0 Å². The summed E-state index contributed by atoms with van der Waals surface area (Å²) in [6.07, 6.45) is 6.83. The second-order valence-electron chi connectivity index (χ2n) is 6.48. The third-order valence-corrected chi connectivity index (χ3v) is 4.81. The Bertz CT molecular complexity index is 903. The zero-order valence-corrected chi connectivity index (χ0v) is 14.6. The first-order chi connectivity index (χ1) is 12.3. The van der Waals surface area contributed by atoms with Crippen LogP contribution in [0, 0.1) is 0 Å². The molecule has 1 saturated heterocycles. The van der Waals surface area contributed by atoms with Crippen LogP contribution in [0.25, 0.3) is 22.9 Å². The van der Waals surface area contributed by atoms with Crippen molar-refractivity contribution in [3.05, 3.63) is 65.9 Å². The lowest BCUT2D eigenvalue weighted by atomic mass is 10.0. The fraction of sp³-hybridized carbons (Fsp3) is 0.227. The fourth-order valence-electron chi connectivity index (χ4n) is 3.48.